The van der Waals surface area contributed by atoms with E-state index in [0.717, 1.165) is 19.3 Å². The van der Waals surface area contributed by atoms with Crippen LogP contribution in [0.15, 0.2) is 24.3 Å². The number of hydrogen-bond acceptors (Lipinski definition) is 2. The number of fused-ring (bicyclic) bond motifs is 1. The second kappa shape index (κ2) is 5.24. The Morgan fingerprint density at radius 2 is 2.19 bits per heavy atom. The Morgan fingerprint density at radius 3 is 3.00 bits per heavy atom. The van der Waals surface area contributed by atoms with Crippen molar-refractivity contribution in [1.29, 1.82) is 0 Å². The first-order chi connectivity index (χ1) is 7.76. The van der Waals surface area contributed by atoms with E-state index < -0.39 is 0 Å². The van der Waals surface area contributed by atoms with E-state index in [2.05, 4.69) is 31.2 Å². The fourth-order valence-corrected chi connectivity index (χ4v) is 3.25. The first-order valence-corrected chi connectivity index (χ1v) is 7.37. The first-order valence-electron chi connectivity index (χ1n) is 6.21. The smallest absolute Gasteiger partial charge is 0.0415 e. The van der Waals surface area contributed by atoms with Gasteiger partial charge in [0.15, 0.2) is 0 Å². The lowest BCUT2D eigenvalue weighted by atomic mass is 9.88. The summed E-state index contributed by atoms with van der Waals surface area (Å²) >= 11 is 2.02. The van der Waals surface area contributed by atoms with Crippen LogP contribution in [0.1, 0.15) is 37.3 Å². The van der Waals surface area contributed by atoms with Gasteiger partial charge in [-0.3, -0.25) is 0 Å². The van der Waals surface area contributed by atoms with Crippen LogP contribution < -0.4 is 5.73 Å². The zero-order valence-corrected chi connectivity index (χ0v) is 10.9. The molecule has 0 fully saturated rings. The van der Waals surface area contributed by atoms with E-state index in [9.17, 15) is 0 Å². The predicted octanol–water partition coefficient (Wildman–Crippen LogP) is 3.32. The molecule has 2 rings (SSSR count). The molecule has 1 atom stereocenters. The fraction of sp³-hybridized carbons (Fsp3) is 0.571. The molecule has 0 aromatic heterocycles. The van der Waals surface area contributed by atoms with Crippen molar-refractivity contribution in [2.75, 3.05) is 11.5 Å². The van der Waals surface area contributed by atoms with Crippen molar-refractivity contribution in [2.45, 2.75) is 38.1 Å². The molecule has 0 amide bonds. The summed E-state index contributed by atoms with van der Waals surface area (Å²) < 4.78 is 0. The van der Waals surface area contributed by atoms with Crippen LogP contribution in [0.5, 0.6) is 0 Å². The SMILES string of the molecule is CCSCCCC1(N)CCc2ccccc21. The minimum Gasteiger partial charge on any atom is -0.321 e. The van der Waals surface area contributed by atoms with E-state index in [1.54, 1.807) is 0 Å². The van der Waals surface area contributed by atoms with Crippen molar-refractivity contribution >= 4 is 11.8 Å². The topological polar surface area (TPSA) is 26.0 Å². The van der Waals surface area contributed by atoms with E-state index in [-0.39, 0.29) is 5.54 Å². The Kier molecular flexibility index (Phi) is 3.93. The Labute approximate surface area is 103 Å². The van der Waals surface area contributed by atoms with Crippen LogP contribution >= 0.6 is 11.8 Å². The van der Waals surface area contributed by atoms with Crippen molar-refractivity contribution in [3.63, 3.8) is 0 Å². The average Bonchev–Trinajstić information content (AvgIpc) is 2.64. The average molecular weight is 235 g/mol. The molecule has 1 unspecified atom stereocenters. The Morgan fingerprint density at radius 1 is 1.38 bits per heavy atom. The number of rotatable bonds is 5. The summed E-state index contributed by atoms with van der Waals surface area (Å²) in [5.41, 5.74) is 9.37. The second-order valence-corrected chi connectivity index (χ2v) is 6.01. The number of hydrogen-bond donors (Lipinski definition) is 1. The molecule has 0 bridgehead atoms. The molecule has 0 saturated heterocycles. The minimum atomic E-state index is -0.0368. The molecule has 0 radical (unpaired) electrons. The molecule has 2 heteroatoms. The number of benzene rings is 1. The number of thioether (sulfide) groups is 1. The van der Waals surface area contributed by atoms with Gasteiger partial charge < -0.3 is 5.73 Å². The Bertz CT molecular complexity index is 350. The molecular weight excluding hydrogens is 214 g/mol. The van der Waals surface area contributed by atoms with Crippen LogP contribution in [-0.2, 0) is 12.0 Å². The Balaban J connectivity index is 1.99. The quantitative estimate of drug-likeness (QED) is 0.792. The van der Waals surface area contributed by atoms with Crippen LogP contribution in [-0.4, -0.2) is 11.5 Å². The lowest BCUT2D eigenvalue weighted by Gasteiger charge is -2.25. The van der Waals surface area contributed by atoms with Gasteiger partial charge in [0.25, 0.3) is 0 Å². The molecule has 16 heavy (non-hydrogen) atoms. The summed E-state index contributed by atoms with van der Waals surface area (Å²) in [6.07, 6.45) is 4.66. The van der Waals surface area contributed by atoms with Gasteiger partial charge in [-0.25, -0.2) is 0 Å². The van der Waals surface area contributed by atoms with E-state index in [4.69, 9.17) is 5.73 Å². The molecular formula is C14H21NS. The molecule has 1 aliphatic rings. The summed E-state index contributed by atoms with van der Waals surface area (Å²) in [5, 5.41) is 0. The van der Waals surface area contributed by atoms with Crippen molar-refractivity contribution in [2.24, 2.45) is 5.73 Å². The molecule has 0 spiro atoms. The van der Waals surface area contributed by atoms with Crippen molar-refractivity contribution in [3.8, 4) is 0 Å². The maximum Gasteiger partial charge on any atom is 0.0415 e. The molecule has 1 nitrogen and oxygen atoms in total. The van der Waals surface area contributed by atoms with Crippen molar-refractivity contribution < 1.29 is 0 Å². The highest BCUT2D eigenvalue weighted by Gasteiger charge is 2.33. The fourth-order valence-electron chi connectivity index (χ4n) is 2.61. The zero-order chi connectivity index (χ0) is 11.4. The van der Waals surface area contributed by atoms with Crippen LogP contribution in [0.3, 0.4) is 0 Å². The second-order valence-electron chi connectivity index (χ2n) is 4.61. The van der Waals surface area contributed by atoms with Gasteiger partial charge in [-0.15, -0.1) is 0 Å². The van der Waals surface area contributed by atoms with Crippen LogP contribution in [0.4, 0.5) is 0 Å². The van der Waals surface area contributed by atoms with Gasteiger partial charge in [-0.05, 0) is 48.3 Å². The predicted molar refractivity (Wildman–Crippen MR) is 72.9 cm³/mol. The lowest BCUT2D eigenvalue weighted by molar-refractivity contribution is 0.404. The monoisotopic (exact) mass is 235 g/mol. The number of nitrogens with two attached hydrogens (primary N) is 1. The van der Waals surface area contributed by atoms with Gasteiger partial charge in [-0.1, -0.05) is 31.2 Å². The summed E-state index contributed by atoms with van der Waals surface area (Å²) in [5.74, 6) is 2.46. The molecule has 88 valence electrons. The van der Waals surface area contributed by atoms with Crippen LogP contribution in [0.25, 0.3) is 0 Å². The van der Waals surface area contributed by atoms with Gasteiger partial charge >= 0.3 is 0 Å². The van der Waals surface area contributed by atoms with E-state index in [0.29, 0.717) is 0 Å². The molecule has 1 aliphatic carbocycles. The normalized spacial score (nSPS) is 23.4. The first kappa shape index (κ1) is 12.0. The largest absolute Gasteiger partial charge is 0.321 e. The summed E-state index contributed by atoms with van der Waals surface area (Å²) in [6, 6.07) is 8.68. The van der Waals surface area contributed by atoms with Gasteiger partial charge in [0, 0.05) is 5.54 Å². The highest BCUT2D eigenvalue weighted by Crippen LogP contribution is 2.38. The van der Waals surface area contributed by atoms with E-state index in [1.807, 2.05) is 11.8 Å². The maximum absolute atomic E-state index is 6.54. The maximum atomic E-state index is 6.54. The third kappa shape index (κ3) is 2.44. The third-order valence-electron chi connectivity index (χ3n) is 3.51. The zero-order valence-electron chi connectivity index (χ0n) is 10.0. The molecule has 0 saturated carbocycles. The van der Waals surface area contributed by atoms with Crippen LogP contribution in [0, 0.1) is 0 Å². The highest BCUT2D eigenvalue weighted by atomic mass is 32.2. The molecule has 1 aromatic carbocycles. The van der Waals surface area contributed by atoms with Gasteiger partial charge in [0.2, 0.25) is 0 Å². The molecule has 0 aliphatic heterocycles. The van der Waals surface area contributed by atoms with Gasteiger partial charge in [-0.2, -0.15) is 11.8 Å². The standard InChI is InChI=1S/C14H21NS/c1-2-16-11-5-9-14(15)10-8-12-6-3-4-7-13(12)14/h3-4,6-7H,2,5,8-11,15H2,1H3. The third-order valence-corrected chi connectivity index (χ3v) is 4.50. The molecule has 2 N–H and O–H groups in total. The molecule has 0 heterocycles. The van der Waals surface area contributed by atoms with Crippen molar-refractivity contribution in [1.82, 2.24) is 0 Å². The van der Waals surface area contributed by atoms with Gasteiger partial charge in [0.1, 0.15) is 0 Å². The van der Waals surface area contributed by atoms with Crippen molar-refractivity contribution in [3.05, 3.63) is 35.4 Å². The Hall–Kier alpha value is -0.470. The minimum absolute atomic E-state index is 0.0368. The van der Waals surface area contributed by atoms with Gasteiger partial charge in [0.05, 0.1) is 0 Å². The number of aryl methyl sites for hydroxylation is 1. The van der Waals surface area contributed by atoms with E-state index in [1.165, 1.54) is 29.1 Å². The summed E-state index contributed by atoms with van der Waals surface area (Å²) in [7, 11) is 0. The lowest BCUT2D eigenvalue weighted by Crippen LogP contribution is -2.34. The summed E-state index contributed by atoms with van der Waals surface area (Å²) in [4.78, 5) is 0. The molecule has 1 aromatic rings. The highest BCUT2D eigenvalue weighted by molar-refractivity contribution is 7.99. The summed E-state index contributed by atoms with van der Waals surface area (Å²) in [6.45, 7) is 2.22. The van der Waals surface area contributed by atoms with Crippen LogP contribution in [0.2, 0.25) is 0 Å². The van der Waals surface area contributed by atoms with E-state index >= 15 is 0 Å².